The monoisotopic (exact) mass is 191 g/mol. The van der Waals surface area contributed by atoms with Crippen LogP contribution in [0.25, 0.3) is 0 Å². The summed E-state index contributed by atoms with van der Waals surface area (Å²) in [5, 5.41) is 7.64. The van der Waals surface area contributed by atoms with E-state index in [0.29, 0.717) is 12.0 Å². The highest BCUT2D eigenvalue weighted by Crippen LogP contribution is 2.10. The summed E-state index contributed by atoms with van der Waals surface area (Å²) in [6.45, 7) is 0. The fourth-order valence-electron chi connectivity index (χ4n) is 1.28. The number of nitrogens with zero attached hydrogens (tertiary/aromatic N) is 3. The number of aromatic nitrogens is 3. The summed E-state index contributed by atoms with van der Waals surface area (Å²) in [5.74, 6) is 0.561. The fourth-order valence-corrected chi connectivity index (χ4v) is 1.28. The summed E-state index contributed by atoms with van der Waals surface area (Å²) in [7, 11) is 1.84. The van der Waals surface area contributed by atoms with Crippen LogP contribution >= 0.6 is 0 Å². The van der Waals surface area contributed by atoms with Crippen molar-refractivity contribution < 1.29 is 4.39 Å². The lowest BCUT2D eigenvalue weighted by Gasteiger charge is -2.01. The van der Waals surface area contributed by atoms with E-state index in [1.165, 1.54) is 6.07 Å². The predicted molar refractivity (Wildman–Crippen MR) is 50.2 cm³/mol. The van der Waals surface area contributed by atoms with E-state index < -0.39 is 0 Å². The Hall–Kier alpha value is -1.71. The number of halogens is 1. The van der Waals surface area contributed by atoms with Crippen LogP contribution in [0.3, 0.4) is 0 Å². The third-order valence-electron chi connectivity index (χ3n) is 2.11. The topological polar surface area (TPSA) is 30.7 Å². The Morgan fingerprint density at radius 1 is 1.36 bits per heavy atom. The average molecular weight is 191 g/mol. The standard InChI is InChI=1S/C10H10FN3/c1-14-7-12-13-10(14)6-8-4-2-3-5-9(8)11/h2-5,7H,6H2,1H3. The van der Waals surface area contributed by atoms with Gasteiger partial charge in [-0.05, 0) is 11.6 Å². The second-order valence-electron chi connectivity index (χ2n) is 3.13. The summed E-state index contributed by atoms with van der Waals surface area (Å²) in [6, 6.07) is 6.69. The van der Waals surface area contributed by atoms with Gasteiger partial charge in [-0.15, -0.1) is 10.2 Å². The molecule has 1 heterocycles. The SMILES string of the molecule is Cn1cnnc1Cc1ccccc1F. The summed E-state index contributed by atoms with van der Waals surface area (Å²) in [5.41, 5.74) is 0.642. The van der Waals surface area contributed by atoms with Crippen molar-refractivity contribution >= 4 is 0 Å². The molecule has 0 saturated heterocycles. The largest absolute Gasteiger partial charge is 0.320 e. The van der Waals surface area contributed by atoms with Gasteiger partial charge in [0, 0.05) is 13.5 Å². The average Bonchev–Trinajstić information content (AvgIpc) is 2.56. The van der Waals surface area contributed by atoms with Crippen molar-refractivity contribution in [2.24, 2.45) is 7.05 Å². The van der Waals surface area contributed by atoms with E-state index in [2.05, 4.69) is 10.2 Å². The van der Waals surface area contributed by atoms with Crippen molar-refractivity contribution in [2.75, 3.05) is 0 Å². The summed E-state index contributed by atoms with van der Waals surface area (Å²) >= 11 is 0. The van der Waals surface area contributed by atoms with Crippen molar-refractivity contribution in [3.05, 3.63) is 47.8 Å². The Morgan fingerprint density at radius 2 is 2.14 bits per heavy atom. The molecule has 3 nitrogen and oxygen atoms in total. The maximum Gasteiger partial charge on any atom is 0.137 e. The minimum Gasteiger partial charge on any atom is -0.320 e. The zero-order chi connectivity index (χ0) is 9.97. The molecule has 0 saturated carbocycles. The lowest BCUT2D eigenvalue weighted by Crippen LogP contribution is -2.00. The van der Waals surface area contributed by atoms with Crippen molar-refractivity contribution in [2.45, 2.75) is 6.42 Å². The Labute approximate surface area is 81.2 Å². The minimum atomic E-state index is -0.199. The summed E-state index contributed by atoms with van der Waals surface area (Å²) in [4.78, 5) is 0. The molecular weight excluding hydrogens is 181 g/mol. The molecule has 0 aliphatic carbocycles. The van der Waals surface area contributed by atoms with Crippen LogP contribution in [0.1, 0.15) is 11.4 Å². The molecule has 2 aromatic rings. The van der Waals surface area contributed by atoms with Crippen LogP contribution < -0.4 is 0 Å². The van der Waals surface area contributed by atoms with Gasteiger partial charge in [-0.3, -0.25) is 0 Å². The molecule has 4 heteroatoms. The van der Waals surface area contributed by atoms with Gasteiger partial charge in [0.25, 0.3) is 0 Å². The first-order valence-corrected chi connectivity index (χ1v) is 4.33. The number of hydrogen-bond donors (Lipinski definition) is 0. The molecular formula is C10H10FN3. The molecule has 0 fully saturated rings. The molecule has 0 N–H and O–H groups in total. The van der Waals surface area contributed by atoms with E-state index >= 15 is 0 Å². The molecule has 0 aliphatic heterocycles. The van der Waals surface area contributed by atoms with Gasteiger partial charge in [0.15, 0.2) is 0 Å². The smallest absolute Gasteiger partial charge is 0.137 e. The molecule has 0 radical (unpaired) electrons. The molecule has 1 aromatic heterocycles. The van der Waals surface area contributed by atoms with Crippen LogP contribution in [0.5, 0.6) is 0 Å². The van der Waals surface area contributed by atoms with Gasteiger partial charge in [-0.25, -0.2) is 4.39 Å². The molecule has 72 valence electrons. The fraction of sp³-hybridized carbons (Fsp3) is 0.200. The zero-order valence-electron chi connectivity index (χ0n) is 7.81. The molecule has 14 heavy (non-hydrogen) atoms. The van der Waals surface area contributed by atoms with E-state index in [9.17, 15) is 4.39 Å². The minimum absolute atomic E-state index is 0.199. The van der Waals surface area contributed by atoms with Crippen molar-refractivity contribution in [1.82, 2.24) is 14.8 Å². The number of aryl methyl sites for hydroxylation is 1. The molecule has 0 aliphatic rings. The summed E-state index contributed by atoms with van der Waals surface area (Å²) < 4.78 is 15.0. The van der Waals surface area contributed by atoms with E-state index in [0.717, 1.165) is 5.82 Å². The third kappa shape index (κ3) is 1.64. The van der Waals surface area contributed by atoms with Gasteiger partial charge in [-0.1, -0.05) is 18.2 Å². The maximum atomic E-state index is 13.3. The quantitative estimate of drug-likeness (QED) is 0.721. The first-order valence-electron chi connectivity index (χ1n) is 4.33. The van der Waals surface area contributed by atoms with Crippen LogP contribution in [0.4, 0.5) is 4.39 Å². The van der Waals surface area contributed by atoms with E-state index in [4.69, 9.17) is 0 Å². The Morgan fingerprint density at radius 3 is 2.79 bits per heavy atom. The van der Waals surface area contributed by atoms with Gasteiger partial charge in [0.05, 0.1) is 0 Å². The third-order valence-corrected chi connectivity index (χ3v) is 2.11. The molecule has 0 spiro atoms. The normalized spacial score (nSPS) is 10.4. The molecule has 0 amide bonds. The van der Waals surface area contributed by atoms with E-state index in [1.807, 2.05) is 13.1 Å². The second-order valence-corrected chi connectivity index (χ2v) is 3.13. The first kappa shape index (κ1) is 8.87. The summed E-state index contributed by atoms with van der Waals surface area (Å²) in [6.07, 6.45) is 2.08. The predicted octanol–water partition coefficient (Wildman–Crippen LogP) is 1.54. The lowest BCUT2D eigenvalue weighted by molar-refractivity contribution is 0.610. The van der Waals surface area contributed by atoms with Crippen molar-refractivity contribution in [1.29, 1.82) is 0 Å². The van der Waals surface area contributed by atoms with Crippen LogP contribution in [-0.2, 0) is 13.5 Å². The van der Waals surface area contributed by atoms with Gasteiger partial charge < -0.3 is 4.57 Å². The number of benzene rings is 1. The molecule has 0 atom stereocenters. The van der Waals surface area contributed by atoms with Crippen LogP contribution in [0.2, 0.25) is 0 Å². The first-order chi connectivity index (χ1) is 6.77. The van der Waals surface area contributed by atoms with Crippen molar-refractivity contribution in [3.8, 4) is 0 Å². The van der Waals surface area contributed by atoms with Gasteiger partial charge in [-0.2, -0.15) is 0 Å². The van der Waals surface area contributed by atoms with Gasteiger partial charge in [0.2, 0.25) is 0 Å². The second kappa shape index (κ2) is 3.57. The molecule has 2 rings (SSSR count). The van der Waals surface area contributed by atoms with Gasteiger partial charge in [0.1, 0.15) is 18.0 Å². The maximum absolute atomic E-state index is 13.3. The van der Waals surface area contributed by atoms with E-state index in [1.54, 1.807) is 23.0 Å². The van der Waals surface area contributed by atoms with Crippen LogP contribution in [-0.4, -0.2) is 14.8 Å². The van der Waals surface area contributed by atoms with Crippen LogP contribution in [0, 0.1) is 5.82 Å². The lowest BCUT2D eigenvalue weighted by atomic mass is 10.1. The highest BCUT2D eigenvalue weighted by molar-refractivity contribution is 5.20. The van der Waals surface area contributed by atoms with Crippen LogP contribution in [0.15, 0.2) is 30.6 Å². The number of rotatable bonds is 2. The Balaban J connectivity index is 2.28. The zero-order valence-corrected chi connectivity index (χ0v) is 7.81. The Bertz CT molecular complexity index is 436. The van der Waals surface area contributed by atoms with Gasteiger partial charge >= 0.3 is 0 Å². The van der Waals surface area contributed by atoms with E-state index in [-0.39, 0.29) is 5.82 Å². The highest BCUT2D eigenvalue weighted by Gasteiger charge is 2.05. The van der Waals surface area contributed by atoms with Crippen molar-refractivity contribution in [3.63, 3.8) is 0 Å². The highest BCUT2D eigenvalue weighted by atomic mass is 19.1. The molecule has 1 aromatic carbocycles. The molecule has 0 unspecified atom stereocenters. The number of hydrogen-bond acceptors (Lipinski definition) is 2. The Kier molecular flexibility index (Phi) is 2.26. The molecule has 0 bridgehead atoms.